The van der Waals surface area contributed by atoms with E-state index in [1.807, 2.05) is 6.07 Å². The topological polar surface area (TPSA) is 12.0 Å². The van der Waals surface area contributed by atoms with Gasteiger partial charge in [-0.3, -0.25) is 0 Å². The van der Waals surface area contributed by atoms with Crippen molar-refractivity contribution in [2.24, 2.45) is 5.92 Å². The molecule has 3 rings (SSSR count). The molecule has 92 valence electrons. The summed E-state index contributed by atoms with van der Waals surface area (Å²) in [7, 11) is 0. The van der Waals surface area contributed by atoms with Crippen LogP contribution >= 0.6 is 11.6 Å². The Kier molecular flexibility index (Phi) is 3.14. The van der Waals surface area contributed by atoms with Crippen LogP contribution in [0.3, 0.4) is 0 Å². The zero-order chi connectivity index (χ0) is 11.8. The molecule has 2 aliphatic rings. The summed E-state index contributed by atoms with van der Waals surface area (Å²) in [5.41, 5.74) is 2.93. The van der Waals surface area contributed by atoms with Crippen LogP contribution in [0.5, 0.6) is 0 Å². The fraction of sp³-hybridized carbons (Fsp3) is 0.600. The predicted octanol–water partition coefficient (Wildman–Crippen LogP) is 3.59. The molecule has 2 aliphatic carbocycles. The van der Waals surface area contributed by atoms with E-state index in [0.717, 1.165) is 23.4 Å². The second kappa shape index (κ2) is 4.62. The number of hydrogen-bond acceptors (Lipinski definition) is 1. The van der Waals surface area contributed by atoms with E-state index in [-0.39, 0.29) is 0 Å². The van der Waals surface area contributed by atoms with Crippen LogP contribution in [0.2, 0.25) is 5.02 Å². The molecular weight excluding hydrogens is 230 g/mol. The summed E-state index contributed by atoms with van der Waals surface area (Å²) >= 11 is 6.04. The monoisotopic (exact) mass is 249 g/mol. The first-order valence-corrected chi connectivity index (χ1v) is 7.12. The van der Waals surface area contributed by atoms with E-state index in [1.54, 1.807) is 0 Å². The quantitative estimate of drug-likeness (QED) is 0.845. The van der Waals surface area contributed by atoms with Crippen LogP contribution < -0.4 is 5.32 Å². The lowest BCUT2D eigenvalue weighted by molar-refractivity contribution is 0.430. The molecule has 0 radical (unpaired) electrons. The SMILES string of the molecule is CC1CCC(NC2Cc3ccc(Cl)cc3C2)C1. The van der Waals surface area contributed by atoms with Crippen molar-refractivity contribution in [1.29, 1.82) is 0 Å². The van der Waals surface area contributed by atoms with E-state index in [2.05, 4.69) is 24.4 Å². The molecule has 1 saturated carbocycles. The molecule has 0 spiro atoms. The van der Waals surface area contributed by atoms with Gasteiger partial charge in [-0.25, -0.2) is 0 Å². The van der Waals surface area contributed by atoms with Gasteiger partial charge in [0.1, 0.15) is 0 Å². The molecule has 1 fully saturated rings. The second-order valence-electron chi connectivity index (χ2n) is 5.80. The number of halogens is 1. The highest BCUT2D eigenvalue weighted by Crippen LogP contribution is 2.29. The Morgan fingerprint density at radius 3 is 2.71 bits per heavy atom. The summed E-state index contributed by atoms with van der Waals surface area (Å²) in [5, 5.41) is 4.71. The molecule has 0 saturated heterocycles. The largest absolute Gasteiger partial charge is 0.311 e. The Bertz CT molecular complexity index is 415. The maximum Gasteiger partial charge on any atom is 0.0408 e. The Morgan fingerprint density at radius 2 is 1.94 bits per heavy atom. The van der Waals surface area contributed by atoms with Crippen molar-refractivity contribution >= 4 is 11.6 Å². The minimum absolute atomic E-state index is 0.638. The second-order valence-corrected chi connectivity index (χ2v) is 6.24. The molecule has 3 atom stereocenters. The van der Waals surface area contributed by atoms with Crippen molar-refractivity contribution in [3.63, 3.8) is 0 Å². The van der Waals surface area contributed by atoms with Crippen LogP contribution in [0, 0.1) is 5.92 Å². The first-order chi connectivity index (χ1) is 8.20. The van der Waals surface area contributed by atoms with Gasteiger partial charge >= 0.3 is 0 Å². The number of fused-ring (bicyclic) bond motifs is 1. The van der Waals surface area contributed by atoms with E-state index in [1.165, 1.54) is 36.8 Å². The molecule has 0 heterocycles. The highest BCUT2D eigenvalue weighted by atomic mass is 35.5. The van der Waals surface area contributed by atoms with Gasteiger partial charge in [0.05, 0.1) is 0 Å². The van der Waals surface area contributed by atoms with Gasteiger partial charge in [0.2, 0.25) is 0 Å². The van der Waals surface area contributed by atoms with Crippen LogP contribution in [0.15, 0.2) is 18.2 Å². The number of benzene rings is 1. The van der Waals surface area contributed by atoms with Crippen molar-refractivity contribution in [2.75, 3.05) is 0 Å². The number of hydrogen-bond donors (Lipinski definition) is 1. The van der Waals surface area contributed by atoms with Crippen LogP contribution in [0.4, 0.5) is 0 Å². The van der Waals surface area contributed by atoms with Gasteiger partial charge in [0, 0.05) is 17.1 Å². The summed E-state index contributed by atoms with van der Waals surface area (Å²) in [6.45, 7) is 2.37. The molecule has 1 nitrogen and oxygen atoms in total. The highest BCUT2D eigenvalue weighted by Gasteiger charge is 2.27. The minimum Gasteiger partial charge on any atom is -0.311 e. The maximum atomic E-state index is 6.04. The Morgan fingerprint density at radius 1 is 1.12 bits per heavy atom. The normalized spacial score (nSPS) is 31.8. The van der Waals surface area contributed by atoms with Crippen molar-refractivity contribution < 1.29 is 0 Å². The third-order valence-electron chi connectivity index (χ3n) is 4.27. The van der Waals surface area contributed by atoms with Crippen molar-refractivity contribution in [1.82, 2.24) is 5.32 Å². The lowest BCUT2D eigenvalue weighted by Gasteiger charge is -2.18. The number of nitrogens with one attached hydrogen (secondary N) is 1. The molecule has 1 aromatic rings. The van der Waals surface area contributed by atoms with Gasteiger partial charge in [0.25, 0.3) is 0 Å². The first kappa shape index (κ1) is 11.6. The number of rotatable bonds is 2. The molecule has 0 amide bonds. The van der Waals surface area contributed by atoms with Crippen LogP contribution in [-0.2, 0) is 12.8 Å². The fourth-order valence-corrected chi connectivity index (χ4v) is 3.59. The van der Waals surface area contributed by atoms with E-state index in [4.69, 9.17) is 11.6 Å². The molecule has 1 aromatic carbocycles. The van der Waals surface area contributed by atoms with Gasteiger partial charge in [-0.2, -0.15) is 0 Å². The molecule has 17 heavy (non-hydrogen) atoms. The zero-order valence-electron chi connectivity index (χ0n) is 10.4. The summed E-state index contributed by atoms with van der Waals surface area (Å²) in [6, 6.07) is 7.73. The lowest BCUT2D eigenvalue weighted by Crippen LogP contribution is -2.37. The maximum absolute atomic E-state index is 6.04. The molecular formula is C15H20ClN. The van der Waals surface area contributed by atoms with E-state index < -0.39 is 0 Å². The summed E-state index contributed by atoms with van der Waals surface area (Å²) < 4.78 is 0. The van der Waals surface area contributed by atoms with Gasteiger partial charge in [-0.1, -0.05) is 24.6 Å². The summed E-state index contributed by atoms with van der Waals surface area (Å²) in [5.74, 6) is 0.908. The van der Waals surface area contributed by atoms with E-state index >= 15 is 0 Å². The smallest absolute Gasteiger partial charge is 0.0408 e. The molecule has 0 aromatic heterocycles. The standard InChI is InChI=1S/C15H20ClN/c1-10-2-5-14(6-10)17-15-8-11-3-4-13(16)7-12(11)9-15/h3-4,7,10,14-15,17H,2,5-6,8-9H2,1H3. The van der Waals surface area contributed by atoms with Crippen LogP contribution in [0.1, 0.15) is 37.3 Å². The fourth-order valence-electron chi connectivity index (χ4n) is 3.40. The Labute approximate surface area is 109 Å². The Hall–Kier alpha value is -0.530. The van der Waals surface area contributed by atoms with Crippen LogP contribution in [-0.4, -0.2) is 12.1 Å². The van der Waals surface area contributed by atoms with Gasteiger partial charge < -0.3 is 5.32 Å². The lowest BCUT2D eigenvalue weighted by atomic mass is 10.1. The molecule has 0 bridgehead atoms. The van der Waals surface area contributed by atoms with Gasteiger partial charge in [-0.05, 0) is 61.3 Å². The first-order valence-electron chi connectivity index (χ1n) is 6.74. The molecule has 3 unspecified atom stereocenters. The predicted molar refractivity (Wildman–Crippen MR) is 72.6 cm³/mol. The molecule has 1 N–H and O–H groups in total. The third-order valence-corrected chi connectivity index (χ3v) is 4.50. The zero-order valence-corrected chi connectivity index (χ0v) is 11.1. The van der Waals surface area contributed by atoms with Crippen molar-refractivity contribution in [3.8, 4) is 0 Å². The van der Waals surface area contributed by atoms with Gasteiger partial charge in [0.15, 0.2) is 0 Å². The molecule has 2 heteroatoms. The summed E-state index contributed by atoms with van der Waals surface area (Å²) in [6.07, 6.45) is 6.43. The van der Waals surface area contributed by atoms with Crippen LogP contribution in [0.25, 0.3) is 0 Å². The minimum atomic E-state index is 0.638. The van der Waals surface area contributed by atoms with E-state index in [0.29, 0.717) is 6.04 Å². The highest BCUT2D eigenvalue weighted by molar-refractivity contribution is 6.30. The summed E-state index contributed by atoms with van der Waals surface area (Å²) in [4.78, 5) is 0. The van der Waals surface area contributed by atoms with Crippen molar-refractivity contribution in [3.05, 3.63) is 34.3 Å². The third kappa shape index (κ3) is 2.51. The average molecular weight is 250 g/mol. The Balaban J connectivity index is 1.62. The molecule has 0 aliphatic heterocycles. The van der Waals surface area contributed by atoms with E-state index in [9.17, 15) is 0 Å². The van der Waals surface area contributed by atoms with Gasteiger partial charge in [-0.15, -0.1) is 0 Å². The average Bonchev–Trinajstić information content (AvgIpc) is 2.84. The van der Waals surface area contributed by atoms with Crippen molar-refractivity contribution in [2.45, 2.75) is 51.1 Å².